The van der Waals surface area contributed by atoms with E-state index in [0.29, 0.717) is 23.4 Å². The van der Waals surface area contributed by atoms with Crippen LogP contribution in [0.5, 0.6) is 0 Å². The van der Waals surface area contributed by atoms with Crippen molar-refractivity contribution in [1.29, 1.82) is 0 Å². The van der Waals surface area contributed by atoms with Crippen LogP contribution in [0.1, 0.15) is 23.7 Å². The first kappa shape index (κ1) is 18.5. The Morgan fingerprint density at radius 3 is 2.33 bits per heavy atom. The Kier molecular flexibility index (Phi) is 5.78. The van der Waals surface area contributed by atoms with Gasteiger partial charge in [-0.15, -0.1) is 0 Å². The lowest BCUT2D eigenvalue weighted by Gasteiger charge is -2.12. The van der Waals surface area contributed by atoms with E-state index in [4.69, 9.17) is 12.2 Å². The standard InChI is InChI=1S/C21H19N3O2S/c1-2-19(25)22-15-9-6-10-16(13-15)23-21(27)24-20(26)18-12-5-8-14-7-3-4-11-17(14)18/h3-13H,2H2,1H3,(H,22,25)(H2,23,24,26,27). The first-order valence-corrected chi connectivity index (χ1v) is 8.97. The largest absolute Gasteiger partial charge is 0.332 e. The van der Waals surface area contributed by atoms with Crippen molar-refractivity contribution >= 4 is 51.3 Å². The highest BCUT2D eigenvalue weighted by molar-refractivity contribution is 7.80. The minimum absolute atomic E-state index is 0.0704. The second-order valence-electron chi connectivity index (χ2n) is 5.92. The van der Waals surface area contributed by atoms with Crippen molar-refractivity contribution in [3.8, 4) is 0 Å². The fraction of sp³-hybridized carbons (Fsp3) is 0.0952. The zero-order valence-electron chi connectivity index (χ0n) is 14.8. The van der Waals surface area contributed by atoms with E-state index in [-0.39, 0.29) is 16.9 Å². The van der Waals surface area contributed by atoms with Gasteiger partial charge in [0.15, 0.2) is 5.11 Å². The smallest absolute Gasteiger partial charge is 0.258 e. The highest BCUT2D eigenvalue weighted by Crippen LogP contribution is 2.19. The van der Waals surface area contributed by atoms with E-state index in [1.54, 1.807) is 37.3 Å². The van der Waals surface area contributed by atoms with Crippen LogP contribution in [0.4, 0.5) is 11.4 Å². The van der Waals surface area contributed by atoms with Gasteiger partial charge < -0.3 is 10.6 Å². The lowest BCUT2D eigenvalue weighted by Crippen LogP contribution is -2.34. The number of carbonyl (C=O) groups excluding carboxylic acids is 2. The summed E-state index contributed by atoms with van der Waals surface area (Å²) in [6, 6.07) is 20.4. The number of anilines is 2. The molecule has 3 aromatic rings. The zero-order chi connectivity index (χ0) is 19.2. The third-order valence-corrected chi connectivity index (χ3v) is 4.19. The summed E-state index contributed by atoms with van der Waals surface area (Å²) in [7, 11) is 0. The second kappa shape index (κ2) is 8.42. The molecule has 0 saturated carbocycles. The summed E-state index contributed by atoms with van der Waals surface area (Å²) in [6.45, 7) is 1.79. The van der Waals surface area contributed by atoms with Gasteiger partial charge >= 0.3 is 0 Å². The predicted octanol–water partition coefficient (Wildman–Crippen LogP) is 4.32. The van der Waals surface area contributed by atoms with Crippen molar-refractivity contribution in [2.24, 2.45) is 0 Å². The van der Waals surface area contributed by atoms with E-state index < -0.39 is 0 Å². The number of rotatable bonds is 4. The van der Waals surface area contributed by atoms with Gasteiger partial charge in [0.2, 0.25) is 5.91 Å². The molecule has 3 rings (SSSR count). The van der Waals surface area contributed by atoms with Crippen LogP contribution in [0.25, 0.3) is 10.8 Å². The van der Waals surface area contributed by atoms with Gasteiger partial charge in [0.1, 0.15) is 0 Å². The van der Waals surface area contributed by atoms with E-state index in [2.05, 4.69) is 16.0 Å². The number of nitrogens with one attached hydrogen (secondary N) is 3. The molecule has 0 aliphatic carbocycles. The highest BCUT2D eigenvalue weighted by atomic mass is 32.1. The predicted molar refractivity (Wildman–Crippen MR) is 113 cm³/mol. The number of fused-ring (bicyclic) bond motifs is 1. The monoisotopic (exact) mass is 377 g/mol. The number of hydrogen-bond acceptors (Lipinski definition) is 3. The quantitative estimate of drug-likeness (QED) is 0.593. The Morgan fingerprint density at radius 2 is 1.56 bits per heavy atom. The first-order chi connectivity index (χ1) is 13.1. The Morgan fingerprint density at radius 1 is 0.889 bits per heavy atom. The van der Waals surface area contributed by atoms with Crippen molar-refractivity contribution in [1.82, 2.24) is 5.32 Å². The molecule has 0 heterocycles. The molecule has 27 heavy (non-hydrogen) atoms. The highest BCUT2D eigenvalue weighted by Gasteiger charge is 2.11. The van der Waals surface area contributed by atoms with Crippen molar-refractivity contribution in [3.05, 3.63) is 72.3 Å². The molecule has 0 aliphatic heterocycles. The van der Waals surface area contributed by atoms with E-state index >= 15 is 0 Å². The lowest BCUT2D eigenvalue weighted by atomic mass is 10.0. The van der Waals surface area contributed by atoms with Gasteiger partial charge in [-0.1, -0.05) is 49.4 Å². The molecular weight excluding hydrogens is 358 g/mol. The number of hydrogen-bond donors (Lipinski definition) is 3. The fourth-order valence-electron chi connectivity index (χ4n) is 2.68. The maximum atomic E-state index is 12.6. The summed E-state index contributed by atoms with van der Waals surface area (Å²) < 4.78 is 0. The molecule has 0 bridgehead atoms. The minimum Gasteiger partial charge on any atom is -0.332 e. The van der Waals surface area contributed by atoms with Crippen molar-refractivity contribution in [2.75, 3.05) is 10.6 Å². The number of amides is 2. The maximum Gasteiger partial charge on any atom is 0.258 e. The van der Waals surface area contributed by atoms with Crippen LogP contribution >= 0.6 is 12.2 Å². The average molecular weight is 377 g/mol. The molecule has 2 amide bonds. The molecule has 3 aromatic carbocycles. The van der Waals surface area contributed by atoms with Crippen LogP contribution in [0, 0.1) is 0 Å². The summed E-state index contributed by atoms with van der Waals surface area (Å²) in [5, 5.41) is 10.5. The summed E-state index contributed by atoms with van der Waals surface area (Å²) in [5.41, 5.74) is 1.89. The minimum atomic E-state index is -0.278. The Labute approximate surface area is 162 Å². The molecule has 0 unspecified atom stereocenters. The van der Waals surface area contributed by atoms with Crippen LogP contribution < -0.4 is 16.0 Å². The third kappa shape index (κ3) is 4.68. The average Bonchev–Trinajstić information content (AvgIpc) is 2.67. The Hall–Kier alpha value is -3.25. The van der Waals surface area contributed by atoms with Crippen molar-refractivity contribution in [3.63, 3.8) is 0 Å². The maximum absolute atomic E-state index is 12.6. The van der Waals surface area contributed by atoms with E-state index in [1.165, 1.54) is 0 Å². The molecule has 6 heteroatoms. The van der Waals surface area contributed by atoms with Gasteiger partial charge in [0.25, 0.3) is 5.91 Å². The normalized spacial score (nSPS) is 10.3. The zero-order valence-corrected chi connectivity index (χ0v) is 15.6. The molecule has 0 spiro atoms. The molecule has 0 aromatic heterocycles. The van der Waals surface area contributed by atoms with Crippen LogP contribution in [-0.2, 0) is 4.79 Å². The summed E-state index contributed by atoms with van der Waals surface area (Å²) >= 11 is 5.26. The van der Waals surface area contributed by atoms with E-state index in [9.17, 15) is 9.59 Å². The molecule has 0 saturated heterocycles. The van der Waals surface area contributed by atoms with Gasteiger partial charge in [-0.2, -0.15) is 0 Å². The van der Waals surface area contributed by atoms with Crippen LogP contribution in [-0.4, -0.2) is 16.9 Å². The van der Waals surface area contributed by atoms with Gasteiger partial charge in [0.05, 0.1) is 0 Å². The number of thiocarbonyl (C=S) groups is 1. The number of carbonyl (C=O) groups is 2. The van der Waals surface area contributed by atoms with Crippen LogP contribution in [0.15, 0.2) is 66.7 Å². The molecule has 0 radical (unpaired) electrons. The molecule has 3 N–H and O–H groups in total. The van der Waals surface area contributed by atoms with Crippen molar-refractivity contribution in [2.45, 2.75) is 13.3 Å². The van der Waals surface area contributed by atoms with Crippen molar-refractivity contribution < 1.29 is 9.59 Å². The van der Waals surface area contributed by atoms with Gasteiger partial charge in [-0.05, 0) is 47.3 Å². The van der Waals surface area contributed by atoms with Crippen LogP contribution in [0.3, 0.4) is 0 Å². The molecular formula is C21H19N3O2S. The summed E-state index contributed by atoms with van der Waals surface area (Å²) in [4.78, 5) is 24.1. The first-order valence-electron chi connectivity index (χ1n) is 8.57. The summed E-state index contributed by atoms with van der Waals surface area (Å²) in [5.74, 6) is -0.348. The van der Waals surface area contributed by atoms with Gasteiger partial charge in [-0.3, -0.25) is 14.9 Å². The lowest BCUT2D eigenvalue weighted by molar-refractivity contribution is -0.115. The molecule has 0 atom stereocenters. The Balaban J connectivity index is 1.69. The van der Waals surface area contributed by atoms with E-state index in [0.717, 1.165) is 10.8 Å². The SMILES string of the molecule is CCC(=O)Nc1cccc(NC(=S)NC(=O)c2cccc3ccccc23)c1. The molecule has 0 aliphatic rings. The third-order valence-electron chi connectivity index (χ3n) is 3.99. The molecule has 136 valence electrons. The molecule has 5 nitrogen and oxygen atoms in total. The fourth-order valence-corrected chi connectivity index (χ4v) is 2.89. The molecule has 0 fully saturated rings. The number of benzene rings is 3. The summed E-state index contributed by atoms with van der Waals surface area (Å²) in [6.07, 6.45) is 0.400. The van der Waals surface area contributed by atoms with Crippen LogP contribution in [0.2, 0.25) is 0 Å². The topological polar surface area (TPSA) is 70.2 Å². The Bertz CT molecular complexity index is 1010. The van der Waals surface area contributed by atoms with Gasteiger partial charge in [0, 0.05) is 23.4 Å². The van der Waals surface area contributed by atoms with Gasteiger partial charge in [-0.25, -0.2) is 0 Å². The van der Waals surface area contributed by atoms with E-state index in [1.807, 2.05) is 36.4 Å². The second-order valence-corrected chi connectivity index (χ2v) is 6.33.